The Morgan fingerprint density at radius 2 is 1.60 bits per heavy atom. The topological polar surface area (TPSA) is 9.23 Å². The van der Waals surface area contributed by atoms with Gasteiger partial charge in [-0.1, -0.05) is 48.5 Å². The van der Waals surface area contributed by atoms with Gasteiger partial charge in [0.15, 0.2) is 0 Å². The molecule has 1 unspecified atom stereocenters. The van der Waals surface area contributed by atoms with Crippen LogP contribution in [-0.2, 0) is 4.08 Å². The van der Waals surface area contributed by atoms with Gasteiger partial charge in [-0.3, -0.25) is 0 Å². The number of hydrogen-bond donors (Lipinski definition) is 0. The van der Waals surface area contributed by atoms with Crippen molar-refractivity contribution in [1.29, 1.82) is 0 Å². The zero-order chi connectivity index (χ0) is 13.4. The van der Waals surface area contributed by atoms with Crippen molar-refractivity contribution in [3.8, 4) is 5.75 Å². The monoisotopic (exact) mass is 300 g/mol. The predicted octanol–water partition coefficient (Wildman–Crippen LogP) is 4.84. The molecule has 0 radical (unpaired) electrons. The van der Waals surface area contributed by atoms with Gasteiger partial charge in [0.2, 0.25) is 0 Å². The number of ether oxygens (including phenoxy) is 1. The molecule has 2 aromatic carbocycles. The van der Waals surface area contributed by atoms with Crippen molar-refractivity contribution in [2.24, 2.45) is 0 Å². The van der Waals surface area contributed by atoms with Crippen molar-refractivity contribution in [1.82, 2.24) is 0 Å². The molecule has 1 spiro atoms. The van der Waals surface area contributed by atoms with E-state index in [-0.39, 0.29) is 10.2 Å². The molecule has 0 bridgehead atoms. The fourth-order valence-electron chi connectivity index (χ4n) is 3.01. The molecule has 1 saturated heterocycles. The van der Waals surface area contributed by atoms with Crippen LogP contribution < -0.4 is 4.74 Å². The SMILES string of the molecule is c1ccc(C2CC3(SCCS3)c3ccccc3O2)cc1. The second-order valence-electron chi connectivity index (χ2n) is 5.17. The lowest BCUT2D eigenvalue weighted by Crippen LogP contribution is -2.27. The molecule has 1 atom stereocenters. The zero-order valence-corrected chi connectivity index (χ0v) is 12.8. The summed E-state index contributed by atoms with van der Waals surface area (Å²) in [6.45, 7) is 0. The normalized spacial score (nSPS) is 23.3. The molecule has 0 amide bonds. The van der Waals surface area contributed by atoms with Crippen molar-refractivity contribution in [2.45, 2.75) is 16.6 Å². The van der Waals surface area contributed by atoms with E-state index in [1.165, 1.54) is 22.6 Å². The van der Waals surface area contributed by atoms with Crippen LogP contribution in [0.2, 0.25) is 0 Å². The minimum atomic E-state index is 0.171. The second kappa shape index (κ2) is 5.05. The van der Waals surface area contributed by atoms with Crippen molar-refractivity contribution >= 4 is 23.5 Å². The Morgan fingerprint density at radius 1 is 0.900 bits per heavy atom. The number of fused-ring (bicyclic) bond motifs is 2. The smallest absolute Gasteiger partial charge is 0.126 e. The van der Waals surface area contributed by atoms with Gasteiger partial charge in [-0.25, -0.2) is 0 Å². The summed E-state index contributed by atoms with van der Waals surface area (Å²) in [6.07, 6.45) is 1.23. The van der Waals surface area contributed by atoms with Crippen LogP contribution >= 0.6 is 23.5 Å². The number of benzene rings is 2. The van der Waals surface area contributed by atoms with E-state index in [2.05, 4.69) is 78.1 Å². The highest BCUT2D eigenvalue weighted by molar-refractivity contribution is 8.20. The van der Waals surface area contributed by atoms with Crippen molar-refractivity contribution in [3.63, 3.8) is 0 Å². The average molecular weight is 300 g/mol. The van der Waals surface area contributed by atoms with Gasteiger partial charge in [-0.05, 0) is 11.6 Å². The Kier molecular flexibility index (Phi) is 3.20. The first kappa shape index (κ1) is 12.7. The van der Waals surface area contributed by atoms with Crippen molar-refractivity contribution < 1.29 is 4.74 Å². The highest BCUT2D eigenvalue weighted by atomic mass is 32.2. The van der Waals surface area contributed by atoms with Gasteiger partial charge in [-0.2, -0.15) is 0 Å². The molecular weight excluding hydrogens is 284 g/mol. The molecule has 4 rings (SSSR count). The molecule has 0 aliphatic carbocycles. The van der Waals surface area contributed by atoms with E-state index < -0.39 is 0 Å². The molecule has 2 aromatic rings. The molecule has 0 aromatic heterocycles. The summed E-state index contributed by atoms with van der Waals surface area (Å²) < 4.78 is 6.47. The lowest BCUT2D eigenvalue weighted by Gasteiger charge is -2.38. The van der Waals surface area contributed by atoms with E-state index in [1.807, 2.05) is 0 Å². The van der Waals surface area contributed by atoms with E-state index in [9.17, 15) is 0 Å². The van der Waals surface area contributed by atoms with E-state index in [0.717, 1.165) is 12.2 Å². The van der Waals surface area contributed by atoms with E-state index in [1.54, 1.807) is 0 Å². The van der Waals surface area contributed by atoms with E-state index in [0.29, 0.717) is 0 Å². The quantitative estimate of drug-likeness (QED) is 0.745. The Hall–Kier alpha value is -1.06. The third-order valence-electron chi connectivity index (χ3n) is 3.95. The summed E-state index contributed by atoms with van der Waals surface area (Å²) in [6, 6.07) is 19.2. The lowest BCUT2D eigenvalue weighted by atomic mass is 9.96. The van der Waals surface area contributed by atoms with Crippen LogP contribution in [0.3, 0.4) is 0 Å². The van der Waals surface area contributed by atoms with Gasteiger partial charge < -0.3 is 4.74 Å². The summed E-state index contributed by atoms with van der Waals surface area (Å²) in [5.41, 5.74) is 2.66. The first-order valence-corrected chi connectivity index (χ1v) is 8.94. The Balaban J connectivity index is 1.78. The summed E-state index contributed by atoms with van der Waals surface area (Å²) in [7, 11) is 0. The maximum absolute atomic E-state index is 6.28. The van der Waals surface area contributed by atoms with Crippen LogP contribution in [0.25, 0.3) is 0 Å². The number of rotatable bonds is 1. The number of para-hydroxylation sites is 1. The lowest BCUT2D eigenvalue weighted by molar-refractivity contribution is 0.170. The molecule has 2 heterocycles. The largest absolute Gasteiger partial charge is 0.485 e. The summed E-state index contributed by atoms with van der Waals surface area (Å²) in [5, 5.41) is 0. The van der Waals surface area contributed by atoms with Crippen LogP contribution in [-0.4, -0.2) is 11.5 Å². The van der Waals surface area contributed by atoms with Gasteiger partial charge in [0.25, 0.3) is 0 Å². The van der Waals surface area contributed by atoms with Gasteiger partial charge in [-0.15, -0.1) is 23.5 Å². The minimum absolute atomic E-state index is 0.171. The summed E-state index contributed by atoms with van der Waals surface area (Å²) >= 11 is 4.18. The standard InChI is InChI=1S/C17H16OS2/c1-2-6-13(7-3-1)16-12-17(19-10-11-20-17)14-8-4-5-9-15(14)18-16/h1-9,16H,10-12H2. The average Bonchev–Trinajstić information content (AvgIpc) is 2.97. The van der Waals surface area contributed by atoms with Crippen LogP contribution in [0, 0.1) is 0 Å². The number of hydrogen-bond acceptors (Lipinski definition) is 3. The molecule has 20 heavy (non-hydrogen) atoms. The zero-order valence-electron chi connectivity index (χ0n) is 11.1. The summed E-state index contributed by atoms with van der Waals surface area (Å²) in [5.74, 6) is 3.54. The van der Waals surface area contributed by atoms with Crippen molar-refractivity contribution in [3.05, 3.63) is 65.7 Å². The highest BCUT2D eigenvalue weighted by Gasteiger charge is 2.45. The van der Waals surface area contributed by atoms with Crippen LogP contribution in [0.15, 0.2) is 54.6 Å². The molecule has 0 saturated carbocycles. The van der Waals surface area contributed by atoms with E-state index in [4.69, 9.17) is 4.74 Å². The highest BCUT2D eigenvalue weighted by Crippen LogP contribution is 2.61. The van der Waals surface area contributed by atoms with Crippen LogP contribution in [0.5, 0.6) is 5.75 Å². The third kappa shape index (κ3) is 2.04. The molecule has 2 aliphatic heterocycles. The molecule has 3 heteroatoms. The molecule has 1 nitrogen and oxygen atoms in total. The van der Waals surface area contributed by atoms with Gasteiger partial charge >= 0.3 is 0 Å². The Bertz CT molecular complexity index is 605. The number of thioether (sulfide) groups is 2. The van der Waals surface area contributed by atoms with Crippen LogP contribution in [0.1, 0.15) is 23.7 Å². The predicted molar refractivity (Wildman–Crippen MR) is 87.5 cm³/mol. The van der Waals surface area contributed by atoms with Gasteiger partial charge in [0, 0.05) is 23.5 Å². The van der Waals surface area contributed by atoms with Gasteiger partial charge in [0.05, 0.1) is 4.08 Å². The molecule has 2 aliphatic rings. The van der Waals surface area contributed by atoms with E-state index >= 15 is 0 Å². The van der Waals surface area contributed by atoms with Gasteiger partial charge in [0.1, 0.15) is 11.9 Å². The third-order valence-corrected chi connectivity index (χ3v) is 7.43. The van der Waals surface area contributed by atoms with Crippen molar-refractivity contribution in [2.75, 3.05) is 11.5 Å². The molecule has 0 N–H and O–H groups in total. The fraction of sp³-hybridized carbons (Fsp3) is 0.294. The maximum Gasteiger partial charge on any atom is 0.126 e. The second-order valence-corrected chi connectivity index (χ2v) is 8.21. The molecule has 1 fully saturated rings. The maximum atomic E-state index is 6.28. The Labute approximate surface area is 128 Å². The molecular formula is C17H16OS2. The minimum Gasteiger partial charge on any atom is -0.485 e. The first-order chi connectivity index (χ1) is 9.87. The van der Waals surface area contributed by atoms with Crippen LogP contribution in [0.4, 0.5) is 0 Å². The summed E-state index contributed by atoms with van der Waals surface area (Å²) in [4.78, 5) is 0. The fourth-order valence-corrected chi connectivity index (χ4v) is 6.36. The Morgan fingerprint density at radius 3 is 2.40 bits per heavy atom. The first-order valence-electron chi connectivity index (χ1n) is 6.96. The molecule has 102 valence electrons.